The zero-order valence-electron chi connectivity index (χ0n) is 43.2. The van der Waals surface area contributed by atoms with E-state index in [1.807, 2.05) is 90.5 Å². The van der Waals surface area contributed by atoms with Gasteiger partial charge in [0.25, 0.3) is 5.91 Å². The number of carbonyl (C=O) groups excluding carboxylic acids is 2. The molecule has 2 unspecified atom stereocenters. The van der Waals surface area contributed by atoms with Gasteiger partial charge in [-0.3, -0.25) is 14.4 Å². The van der Waals surface area contributed by atoms with E-state index in [2.05, 4.69) is 82.3 Å². The highest BCUT2D eigenvalue weighted by molar-refractivity contribution is 5.94. The van der Waals surface area contributed by atoms with E-state index in [0.29, 0.717) is 30.6 Å². The van der Waals surface area contributed by atoms with Crippen molar-refractivity contribution in [3.8, 4) is 0 Å². The number of carboxylic acid groups (broad SMARTS) is 2. The van der Waals surface area contributed by atoms with Gasteiger partial charge < -0.3 is 25.2 Å². The predicted molar refractivity (Wildman–Crippen MR) is 285 cm³/mol. The molecular weight excluding hydrogens is 933 g/mol. The van der Waals surface area contributed by atoms with E-state index in [0.717, 1.165) is 111 Å². The van der Waals surface area contributed by atoms with Crippen molar-refractivity contribution < 1.29 is 34.1 Å². The molecule has 0 bridgehead atoms. The second kappa shape index (κ2) is 23.2. The topological polar surface area (TPSA) is 195 Å². The van der Waals surface area contributed by atoms with Crippen LogP contribution < -0.4 is 5.32 Å². The van der Waals surface area contributed by atoms with Gasteiger partial charge in [-0.1, -0.05) is 94.4 Å². The van der Waals surface area contributed by atoms with Crippen molar-refractivity contribution in [2.45, 2.75) is 105 Å². The molecule has 1 amide bonds. The number of benzene rings is 6. The number of esters is 1. The van der Waals surface area contributed by atoms with Crippen LogP contribution in [0.2, 0.25) is 0 Å². The molecule has 8 aromatic rings. The summed E-state index contributed by atoms with van der Waals surface area (Å²) >= 11 is 0. The number of fused-ring (bicyclic) bond motifs is 4. The smallest absolute Gasteiger partial charge is 0.335 e. The summed E-state index contributed by atoms with van der Waals surface area (Å²) in [6, 6.07) is 35.5. The molecule has 10 rings (SSSR count). The third kappa shape index (κ3) is 11.6. The van der Waals surface area contributed by atoms with Gasteiger partial charge in [0.2, 0.25) is 0 Å². The second-order valence-corrected chi connectivity index (χ2v) is 19.1. The Morgan fingerprint density at radius 2 is 1.18 bits per heavy atom. The van der Waals surface area contributed by atoms with Crippen LogP contribution >= 0.6 is 0 Å². The van der Waals surface area contributed by atoms with Crippen LogP contribution in [0.25, 0.3) is 22.1 Å². The monoisotopic (exact) mass is 996 g/mol. The summed E-state index contributed by atoms with van der Waals surface area (Å²) in [5.74, 6) is -2.31. The highest BCUT2D eigenvalue weighted by Gasteiger charge is 2.27. The van der Waals surface area contributed by atoms with E-state index in [-0.39, 0.29) is 30.1 Å². The van der Waals surface area contributed by atoms with E-state index < -0.39 is 11.9 Å². The standard InChI is InChI=1S/C29H30N4O3.C22H26N4O2.C8H8O2/c1-4-33-26-11-10-24(19(3)28(26)30-31-33)25(16-27(34)35)21-9-8-20-12-13-32(17-23(20)15-21)29(36)22-7-5-6-18(2)14-22;1-4-26-20-8-7-18(14(2)22(20)24-25-26)19(12-21(27)28-3)16-6-5-15-9-10-23-13-17(15)11-16;1-6-3-2-4-7(5-6)8(9)10/h5-11,14-15,25H,4,12-13,16-17H2,1-3H3,(H,34,35);5-8,11,19,23H,4,9-10,12-13H2,1-3H3;2-5H,1H3,(H,9,10). The molecule has 0 saturated carbocycles. The number of aryl methyl sites for hydroxylation is 6. The SMILES string of the molecule is CCn1nnc2c(C)c(C(CC(=O)O)c3ccc4c(c3)CN(C(=O)c3cccc(C)c3)CC4)ccc21.CCn1nnc2c(C)c(C(CC(=O)OC)c3ccc4c(c3)CNCC4)ccc21.Cc1cccc(C(=O)O)c1. The second-order valence-electron chi connectivity index (χ2n) is 19.1. The van der Waals surface area contributed by atoms with Gasteiger partial charge in [0, 0.05) is 50.1 Å². The zero-order chi connectivity index (χ0) is 52.6. The fourth-order valence-electron chi connectivity index (χ4n) is 10.3. The number of hydrogen-bond acceptors (Lipinski definition) is 10. The van der Waals surface area contributed by atoms with Crippen LogP contribution in [0.3, 0.4) is 0 Å². The number of rotatable bonds is 12. The van der Waals surface area contributed by atoms with E-state index in [1.54, 1.807) is 18.2 Å². The molecule has 3 N–H and O–H groups in total. The normalized spacial score (nSPS) is 13.6. The number of ether oxygens (including phenoxy) is 1. The molecule has 2 aliphatic rings. The van der Waals surface area contributed by atoms with Gasteiger partial charge in [-0.05, 0) is 153 Å². The van der Waals surface area contributed by atoms with Crippen molar-refractivity contribution in [1.82, 2.24) is 40.2 Å². The molecule has 0 spiro atoms. The first kappa shape index (κ1) is 52.3. The van der Waals surface area contributed by atoms with Crippen molar-refractivity contribution in [1.29, 1.82) is 0 Å². The summed E-state index contributed by atoms with van der Waals surface area (Å²) in [6.45, 7) is 16.5. The fourth-order valence-corrected chi connectivity index (χ4v) is 10.3. The number of hydrogen-bond donors (Lipinski definition) is 3. The van der Waals surface area contributed by atoms with E-state index in [9.17, 15) is 24.3 Å². The number of aromatic carboxylic acids is 1. The van der Waals surface area contributed by atoms with Crippen LogP contribution in [0, 0.1) is 27.7 Å². The lowest BCUT2D eigenvalue weighted by atomic mass is 9.83. The minimum Gasteiger partial charge on any atom is -0.481 e. The number of carboxylic acids is 2. The molecule has 0 aliphatic carbocycles. The number of nitrogens with one attached hydrogen (secondary N) is 1. The molecule has 6 aromatic carbocycles. The third-order valence-corrected chi connectivity index (χ3v) is 14.3. The van der Waals surface area contributed by atoms with Crippen LogP contribution in [0.15, 0.2) is 109 Å². The Bertz CT molecular complexity index is 3380. The predicted octanol–water partition coefficient (Wildman–Crippen LogP) is 9.67. The molecule has 2 aromatic heterocycles. The molecule has 0 saturated heterocycles. The average Bonchev–Trinajstić information content (AvgIpc) is 4.05. The molecule has 0 fully saturated rings. The van der Waals surface area contributed by atoms with Crippen molar-refractivity contribution in [2.75, 3.05) is 20.2 Å². The van der Waals surface area contributed by atoms with Crippen LogP contribution in [-0.2, 0) is 53.3 Å². The molecule has 15 nitrogen and oxygen atoms in total. The lowest BCUT2D eigenvalue weighted by Crippen LogP contribution is -2.36. The largest absolute Gasteiger partial charge is 0.481 e. The molecule has 382 valence electrons. The first-order valence-electron chi connectivity index (χ1n) is 25.2. The van der Waals surface area contributed by atoms with Gasteiger partial charge in [0.15, 0.2) is 0 Å². The molecule has 2 atom stereocenters. The first-order chi connectivity index (χ1) is 35.7. The third-order valence-electron chi connectivity index (χ3n) is 14.3. The summed E-state index contributed by atoms with van der Waals surface area (Å²) < 4.78 is 8.74. The number of methoxy groups -OCH3 is 1. The maximum Gasteiger partial charge on any atom is 0.335 e. The van der Waals surface area contributed by atoms with E-state index in [4.69, 9.17) is 9.84 Å². The van der Waals surface area contributed by atoms with Crippen LogP contribution in [0.5, 0.6) is 0 Å². The Balaban J connectivity index is 0.000000169. The maximum absolute atomic E-state index is 13.2. The number of aromatic nitrogens is 6. The Hall–Kier alpha value is -8.04. The highest BCUT2D eigenvalue weighted by atomic mass is 16.5. The van der Waals surface area contributed by atoms with Crippen molar-refractivity contribution in [3.63, 3.8) is 0 Å². The maximum atomic E-state index is 13.2. The number of amides is 1. The number of carbonyl (C=O) groups is 4. The fraction of sp³-hybridized carbons (Fsp3) is 0.322. The molecule has 2 aliphatic heterocycles. The molecule has 4 heterocycles. The van der Waals surface area contributed by atoms with Gasteiger partial charge in [-0.25, -0.2) is 14.2 Å². The van der Waals surface area contributed by atoms with Crippen LogP contribution in [0.4, 0.5) is 0 Å². The van der Waals surface area contributed by atoms with Crippen LogP contribution in [-0.4, -0.2) is 89.1 Å². The number of nitrogens with zero attached hydrogens (tertiary/aromatic N) is 7. The Morgan fingerprint density at radius 3 is 1.70 bits per heavy atom. The minimum atomic E-state index is -0.872. The van der Waals surface area contributed by atoms with Crippen molar-refractivity contribution in [3.05, 3.63) is 187 Å². The minimum absolute atomic E-state index is 0.0251. The van der Waals surface area contributed by atoms with Gasteiger partial charge in [-0.2, -0.15) is 0 Å². The van der Waals surface area contributed by atoms with Gasteiger partial charge in [0.1, 0.15) is 11.0 Å². The van der Waals surface area contributed by atoms with Crippen molar-refractivity contribution in [2.24, 2.45) is 0 Å². The average molecular weight is 997 g/mol. The Labute approximate surface area is 431 Å². The van der Waals surface area contributed by atoms with Gasteiger partial charge in [-0.15, -0.1) is 10.2 Å². The molecule has 74 heavy (non-hydrogen) atoms. The summed E-state index contributed by atoms with van der Waals surface area (Å²) in [4.78, 5) is 49.5. The lowest BCUT2D eigenvalue weighted by molar-refractivity contribution is -0.141. The molecule has 0 radical (unpaired) electrons. The Kier molecular flexibility index (Phi) is 16.4. The lowest BCUT2D eigenvalue weighted by Gasteiger charge is -2.30. The molecule has 15 heteroatoms. The van der Waals surface area contributed by atoms with E-state index in [1.165, 1.54) is 23.8 Å². The van der Waals surface area contributed by atoms with Gasteiger partial charge in [0.05, 0.1) is 36.5 Å². The zero-order valence-corrected chi connectivity index (χ0v) is 43.2. The Morgan fingerprint density at radius 1 is 0.635 bits per heavy atom. The summed E-state index contributed by atoms with van der Waals surface area (Å²) in [5.41, 5.74) is 17.9. The van der Waals surface area contributed by atoms with Crippen LogP contribution in [0.1, 0.15) is 126 Å². The first-order valence-corrected chi connectivity index (χ1v) is 25.2. The number of aliphatic carboxylic acids is 1. The van der Waals surface area contributed by atoms with E-state index >= 15 is 0 Å². The molecular formula is C59H64N8O7. The highest BCUT2D eigenvalue weighted by Crippen LogP contribution is 2.37. The summed E-state index contributed by atoms with van der Waals surface area (Å²) in [5, 5.41) is 38.9. The quantitative estimate of drug-likeness (QED) is 0.0983. The van der Waals surface area contributed by atoms with Crippen molar-refractivity contribution >= 4 is 45.9 Å². The summed E-state index contributed by atoms with van der Waals surface area (Å²) in [7, 11) is 1.44. The van der Waals surface area contributed by atoms with Gasteiger partial charge >= 0.3 is 17.9 Å². The summed E-state index contributed by atoms with van der Waals surface area (Å²) in [6.07, 6.45) is 2.10.